The van der Waals surface area contributed by atoms with Gasteiger partial charge in [-0.3, -0.25) is 9.69 Å². The largest absolute Gasteiger partial charge is 0.367 e. The molecule has 1 aliphatic rings. The Morgan fingerprint density at radius 2 is 2.50 bits per heavy atom. The molecule has 0 saturated carbocycles. The highest BCUT2D eigenvalue weighted by Gasteiger charge is 2.28. The van der Waals surface area contributed by atoms with E-state index < -0.39 is 0 Å². The van der Waals surface area contributed by atoms with Crippen LogP contribution in [-0.4, -0.2) is 52.6 Å². The fourth-order valence-corrected chi connectivity index (χ4v) is 1.90. The summed E-state index contributed by atoms with van der Waals surface area (Å²) in [7, 11) is 1.82. The second kappa shape index (κ2) is 4.76. The predicted molar refractivity (Wildman–Crippen MR) is 59.4 cm³/mol. The lowest BCUT2D eigenvalue weighted by Crippen LogP contribution is -2.46. The highest BCUT2D eigenvalue weighted by molar-refractivity contribution is 5.96. The Bertz CT molecular complexity index is 375. The number of morpholine rings is 1. The van der Waals surface area contributed by atoms with Crippen molar-refractivity contribution < 1.29 is 9.53 Å². The van der Waals surface area contributed by atoms with Crippen molar-refractivity contribution >= 4 is 5.78 Å². The molecule has 5 nitrogen and oxygen atoms in total. The topological polar surface area (TPSA) is 47.4 Å². The first-order chi connectivity index (χ1) is 7.72. The summed E-state index contributed by atoms with van der Waals surface area (Å²) in [6.07, 6.45) is 3.04. The number of aryl methyl sites for hydroxylation is 1. The number of aromatic nitrogens is 2. The second-order valence-electron chi connectivity index (χ2n) is 3.98. The van der Waals surface area contributed by atoms with Crippen molar-refractivity contribution in [3.8, 4) is 0 Å². The molecule has 1 aliphatic heterocycles. The number of imidazole rings is 1. The van der Waals surface area contributed by atoms with Crippen LogP contribution >= 0.6 is 0 Å². The number of carbonyl (C=O) groups is 1. The SMILES string of the molecule is CCN1CCOC(C(=O)c2nccn2C)C1. The van der Waals surface area contributed by atoms with Gasteiger partial charge in [0.25, 0.3) is 0 Å². The summed E-state index contributed by atoms with van der Waals surface area (Å²) in [6, 6.07) is 0. The van der Waals surface area contributed by atoms with Crippen molar-refractivity contribution in [2.45, 2.75) is 13.0 Å². The number of carbonyl (C=O) groups excluding carboxylic acids is 1. The number of hydrogen-bond acceptors (Lipinski definition) is 4. The fraction of sp³-hybridized carbons (Fsp3) is 0.636. The summed E-state index contributed by atoms with van der Waals surface area (Å²) < 4.78 is 7.24. The molecule has 1 aromatic heterocycles. The molecular weight excluding hydrogens is 206 g/mol. The first-order valence-corrected chi connectivity index (χ1v) is 5.58. The van der Waals surface area contributed by atoms with E-state index in [1.54, 1.807) is 17.0 Å². The number of hydrogen-bond donors (Lipinski definition) is 0. The van der Waals surface area contributed by atoms with Crippen molar-refractivity contribution in [2.24, 2.45) is 7.05 Å². The average molecular weight is 223 g/mol. The van der Waals surface area contributed by atoms with Gasteiger partial charge in [0.2, 0.25) is 5.78 Å². The Morgan fingerprint density at radius 3 is 3.12 bits per heavy atom. The fourth-order valence-electron chi connectivity index (χ4n) is 1.90. The van der Waals surface area contributed by atoms with Gasteiger partial charge in [0.15, 0.2) is 5.82 Å². The van der Waals surface area contributed by atoms with E-state index in [1.807, 2.05) is 7.05 Å². The Kier molecular flexibility index (Phi) is 3.36. The number of ketones is 1. The van der Waals surface area contributed by atoms with Gasteiger partial charge in [0, 0.05) is 32.5 Å². The first kappa shape index (κ1) is 11.3. The van der Waals surface area contributed by atoms with Gasteiger partial charge in [-0.1, -0.05) is 6.92 Å². The van der Waals surface area contributed by atoms with Crippen molar-refractivity contribution in [3.05, 3.63) is 18.2 Å². The zero-order valence-corrected chi connectivity index (χ0v) is 9.72. The van der Waals surface area contributed by atoms with Crippen molar-refractivity contribution in [1.29, 1.82) is 0 Å². The van der Waals surface area contributed by atoms with Crippen molar-refractivity contribution in [3.63, 3.8) is 0 Å². The van der Waals surface area contributed by atoms with Crippen LogP contribution < -0.4 is 0 Å². The third-order valence-electron chi connectivity index (χ3n) is 2.93. The van der Waals surface area contributed by atoms with Gasteiger partial charge in [-0.25, -0.2) is 4.98 Å². The quantitative estimate of drug-likeness (QED) is 0.693. The van der Waals surface area contributed by atoms with E-state index >= 15 is 0 Å². The summed E-state index contributed by atoms with van der Waals surface area (Å²) >= 11 is 0. The number of rotatable bonds is 3. The van der Waals surface area contributed by atoms with Crippen LogP contribution in [0.2, 0.25) is 0 Å². The summed E-state index contributed by atoms with van der Waals surface area (Å²) in [6.45, 7) is 5.24. The molecule has 5 heteroatoms. The molecule has 1 saturated heterocycles. The van der Waals surface area contributed by atoms with Crippen LogP contribution in [0, 0.1) is 0 Å². The molecule has 0 aliphatic carbocycles. The smallest absolute Gasteiger partial charge is 0.228 e. The minimum absolute atomic E-state index is 0.0225. The van der Waals surface area contributed by atoms with Gasteiger partial charge >= 0.3 is 0 Å². The molecule has 1 atom stereocenters. The van der Waals surface area contributed by atoms with Crippen LogP contribution in [0.3, 0.4) is 0 Å². The number of nitrogens with zero attached hydrogens (tertiary/aromatic N) is 3. The molecule has 1 aromatic rings. The standard InChI is InChI=1S/C11H17N3O2/c1-3-14-6-7-16-9(8-14)10(15)11-12-4-5-13(11)2/h4-5,9H,3,6-8H2,1-2H3. The molecule has 0 amide bonds. The molecule has 88 valence electrons. The summed E-state index contributed by atoms with van der Waals surface area (Å²) in [5.74, 6) is 0.452. The zero-order valence-electron chi connectivity index (χ0n) is 9.72. The highest BCUT2D eigenvalue weighted by Crippen LogP contribution is 2.10. The Labute approximate surface area is 95.0 Å². The van der Waals surface area contributed by atoms with Crippen molar-refractivity contribution in [2.75, 3.05) is 26.2 Å². The summed E-state index contributed by atoms with van der Waals surface area (Å²) in [5, 5.41) is 0. The molecule has 1 unspecified atom stereocenters. The number of likely N-dealkylation sites (N-methyl/N-ethyl adjacent to an activating group) is 1. The van der Waals surface area contributed by atoms with Crippen LogP contribution in [-0.2, 0) is 11.8 Å². The summed E-state index contributed by atoms with van der Waals surface area (Å²) in [5.41, 5.74) is 0. The molecule has 2 rings (SSSR count). The van der Waals surface area contributed by atoms with E-state index in [9.17, 15) is 4.79 Å². The lowest BCUT2D eigenvalue weighted by atomic mass is 10.1. The van der Waals surface area contributed by atoms with E-state index in [-0.39, 0.29) is 11.9 Å². The number of Topliss-reactive ketones (excluding diaryl/α,β-unsaturated/α-hetero) is 1. The molecule has 2 heterocycles. The monoisotopic (exact) mass is 223 g/mol. The maximum atomic E-state index is 12.1. The maximum Gasteiger partial charge on any atom is 0.228 e. The molecule has 0 spiro atoms. The van der Waals surface area contributed by atoms with Crippen LogP contribution in [0.1, 0.15) is 17.5 Å². The Balaban J connectivity index is 2.07. The lowest BCUT2D eigenvalue weighted by molar-refractivity contribution is -0.0155. The van der Waals surface area contributed by atoms with Gasteiger partial charge < -0.3 is 9.30 Å². The average Bonchev–Trinajstić information content (AvgIpc) is 2.74. The van der Waals surface area contributed by atoms with E-state index in [0.29, 0.717) is 19.0 Å². The third-order valence-corrected chi connectivity index (χ3v) is 2.93. The van der Waals surface area contributed by atoms with E-state index in [4.69, 9.17) is 4.74 Å². The summed E-state index contributed by atoms with van der Waals surface area (Å²) in [4.78, 5) is 18.4. The Morgan fingerprint density at radius 1 is 1.69 bits per heavy atom. The van der Waals surface area contributed by atoms with Crippen LogP contribution in [0.5, 0.6) is 0 Å². The van der Waals surface area contributed by atoms with Crippen LogP contribution in [0.25, 0.3) is 0 Å². The first-order valence-electron chi connectivity index (χ1n) is 5.58. The maximum absolute atomic E-state index is 12.1. The molecule has 0 radical (unpaired) electrons. The molecular formula is C11H17N3O2. The van der Waals surface area contributed by atoms with Gasteiger partial charge in [-0.05, 0) is 6.54 Å². The van der Waals surface area contributed by atoms with Gasteiger partial charge in [0.05, 0.1) is 6.61 Å². The van der Waals surface area contributed by atoms with Crippen LogP contribution in [0.15, 0.2) is 12.4 Å². The molecule has 0 bridgehead atoms. The third kappa shape index (κ3) is 2.15. The van der Waals surface area contributed by atoms with E-state index in [2.05, 4.69) is 16.8 Å². The second-order valence-corrected chi connectivity index (χ2v) is 3.98. The van der Waals surface area contributed by atoms with Crippen molar-refractivity contribution in [1.82, 2.24) is 14.5 Å². The number of ether oxygens (including phenoxy) is 1. The van der Waals surface area contributed by atoms with E-state index in [1.165, 1.54) is 0 Å². The zero-order chi connectivity index (χ0) is 11.5. The highest BCUT2D eigenvalue weighted by atomic mass is 16.5. The van der Waals surface area contributed by atoms with Gasteiger partial charge in [-0.2, -0.15) is 0 Å². The minimum Gasteiger partial charge on any atom is -0.367 e. The predicted octanol–water partition coefficient (Wildman–Crippen LogP) is 0.323. The minimum atomic E-state index is -0.366. The molecule has 0 N–H and O–H groups in total. The van der Waals surface area contributed by atoms with Gasteiger partial charge in [-0.15, -0.1) is 0 Å². The van der Waals surface area contributed by atoms with Gasteiger partial charge in [0.1, 0.15) is 6.10 Å². The molecule has 1 fully saturated rings. The molecule has 16 heavy (non-hydrogen) atoms. The molecule has 0 aromatic carbocycles. The van der Waals surface area contributed by atoms with E-state index in [0.717, 1.165) is 13.1 Å². The normalized spacial score (nSPS) is 22.2. The van der Waals surface area contributed by atoms with Crippen LogP contribution in [0.4, 0.5) is 0 Å². The lowest BCUT2D eigenvalue weighted by Gasteiger charge is -2.30. The Hall–Kier alpha value is -1.20.